The Balaban J connectivity index is 1.32. The second-order valence-electron chi connectivity index (χ2n) is 7.79. The van der Waals surface area contributed by atoms with Gasteiger partial charge in [-0.1, -0.05) is 19.1 Å². The normalized spacial score (nSPS) is 14.4. The molecular weight excluding hydrogens is 393 g/mol. The maximum atomic E-state index is 13.8. The van der Waals surface area contributed by atoms with Crippen molar-refractivity contribution in [2.24, 2.45) is 0 Å². The first-order valence-corrected chi connectivity index (χ1v) is 10.6. The minimum absolute atomic E-state index is 0.0923. The summed E-state index contributed by atoms with van der Waals surface area (Å²) in [6.45, 7) is 4.62. The number of hydrogen-bond acceptors (Lipinski definition) is 3. The Hall–Kier alpha value is -3.61. The van der Waals surface area contributed by atoms with Crippen molar-refractivity contribution in [3.63, 3.8) is 0 Å². The number of aryl methyl sites for hydroxylation is 1. The second-order valence-corrected chi connectivity index (χ2v) is 7.79. The van der Waals surface area contributed by atoms with Gasteiger partial charge in [-0.15, -0.1) is 0 Å². The van der Waals surface area contributed by atoms with Crippen molar-refractivity contribution in [2.45, 2.75) is 13.3 Å². The van der Waals surface area contributed by atoms with Gasteiger partial charge in [0.15, 0.2) is 5.82 Å². The second kappa shape index (κ2) is 7.91. The maximum absolute atomic E-state index is 13.8. The summed E-state index contributed by atoms with van der Waals surface area (Å²) in [5.74, 6) is 0.518. The van der Waals surface area contributed by atoms with Gasteiger partial charge in [0.1, 0.15) is 5.82 Å². The molecule has 2 aromatic carbocycles. The Morgan fingerprint density at radius 3 is 2.55 bits per heavy atom. The molecule has 1 saturated heterocycles. The highest BCUT2D eigenvalue weighted by Gasteiger charge is 2.24. The molecular formula is C24H24FN5O. The summed E-state index contributed by atoms with van der Waals surface area (Å²) in [7, 11) is 0. The van der Waals surface area contributed by atoms with Gasteiger partial charge in [0.25, 0.3) is 0 Å². The molecule has 158 valence electrons. The summed E-state index contributed by atoms with van der Waals surface area (Å²) in [4.78, 5) is 21.4. The highest BCUT2D eigenvalue weighted by Crippen LogP contribution is 2.26. The number of anilines is 2. The van der Waals surface area contributed by atoms with Crippen molar-refractivity contribution >= 4 is 34.1 Å². The van der Waals surface area contributed by atoms with Crippen molar-refractivity contribution < 1.29 is 9.18 Å². The minimum atomic E-state index is -0.300. The molecule has 0 aliphatic carbocycles. The predicted molar refractivity (Wildman–Crippen MR) is 121 cm³/mol. The van der Waals surface area contributed by atoms with Gasteiger partial charge in [0, 0.05) is 44.1 Å². The minimum Gasteiger partial charge on any atom is -0.351 e. The monoisotopic (exact) mass is 417 g/mol. The van der Waals surface area contributed by atoms with E-state index in [0.717, 1.165) is 29.0 Å². The number of urea groups is 1. The topological polar surface area (TPSA) is 52.9 Å². The number of carbonyl (C=O) groups excluding carboxylic acids is 1. The van der Waals surface area contributed by atoms with Gasteiger partial charge in [0.2, 0.25) is 0 Å². The number of benzene rings is 2. The molecule has 1 aliphatic heterocycles. The van der Waals surface area contributed by atoms with Crippen molar-refractivity contribution in [2.75, 3.05) is 36.4 Å². The number of hydrogen-bond donors (Lipinski definition) is 1. The molecule has 7 heteroatoms. The molecule has 5 rings (SSSR count). The zero-order valence-corrected chi connectivity index (χ0v) is 17.4. The van der Waals surface area contributed by atoms with Gasteiger partial charge in [-0.2, -0.15) is 0 Å². The number of amides is 2. The molecule has 2 amide bonds. The van der Waals surface area contributed by atoms with E-state index in [9.17, 15) is 9.18 Å². The molecule has 0 atom stereocenters. The Morgan fingerprint density at radius 1 is 1.03 bits per heavy atom. The Bertz CT molecular complexity index is 1240. The Kier molecular flexibility index (Phi) is 4.94. The van der Waals surface area contributed by atoms with E-state index in [1.807, 2.05) is 51.9 Å². The Morgan fingerprint density at radius 2 is 1.81 bits per heavy atom. The number of halogens is 1. The van der Waals surface area contributed by atoms with Crippen LogP contribution in [-0.4, -0.2) is 46.5 Å². The van der Waals surface area contributed by atoms with Crippen LogP contribution in [0.4, 0.5) is 20.7 Å². The average Bonchev–Trinajstić information content (AvgIpc) is 3.29. The van der Waals surface area contributed by atoms with Gasteiger partial charge >= 0.3 is 6.03 Å². The van der Waals surface area contributed by atoms with E-state index in [-0.39, 0.29) is 11.8 Å². The molecule has 2 aromatic heterocycles. The molecule has 0 saturated carbocycles. The van der Waals surface area contributed by atoms with Crippen LogP contribution < -0.4 is 10.2 Å². The summed E-state index contributed by atoms with van der Waals surface area (Å²) in [6, 6.07) is 16.5. The number of piperazine rings is 1. The fourth-order valence-corrected chi connectivity index (χ4v) is 4.11. The van der Waals surface area contributed by atoms with E-state index >= 15 is 0 Å². The quantitative estimate of drug-likeness (QED) is 0.532. The lowest BCUT2D eigenvalue weighted by Gasteiger charge is -2.35. The van der Waals surface area contributed by atoms with Crippen molar-refractivity contribution in [1.29, 1.82) is 0 Å². The third-order valence-electron chi connectivity index (χ3n) is 5.88. The van der Waals surface area contributed by atoms with Crippen molar-refractivity contribution in [1.82, 2.24) is 14.3 Å². The molecule has 0 radical (unpaired) electrons. The Labute approximate surface area is 179 Å². The first-order chi connectivity index (χ1) is 15.1. The standard InChI is InChI=1S/C24H24FN5O/c1-2-17-5-8-19(9-6-17)26-24(31)29-14-12-28(13-15-29)23-22-4-3-11-30(22)21-10-7-18(25)16-20(21)27-23/h3-11,16H,2,12-15H2,1H3,(H,26,31). The van der Waals surface area contributed by atoms with Crippen LogP contribution in [0, 0.1) is 5.82 Å². The van der Waals surface area contributed by atoms with Crippen molar-refractivity contribution in [3.05, 3.63) is 72.2 Å². The summed E-state index contributed by atoms with van der Waals surface area (Å²) in [5, 5.41) is 2.98. The van der Waals surface area contributed by atoms with Crippen LogP contribution in [0.15, 0.2) is 60.8 Å². The van der Waals surface area contributed by atoms with Crippen LogP contribution in [0.1, 0.15) is 12.5 Å². The molecule has 31 heavy (non-hydrogen) atoms. The van der Waals surface area contributed by atoms with Crippen LogP contribution >= 0.6 is 0 Å². The van der Waals surface area contributed by atoms with Crippen LogP contribution in [-0.2, 0) is 6.42 Å². The summed E-state index contributed by atoms with van der Waals surface area (Å²) in [6.07, 6.45) is 2.94. The first kappa shape index (κ1) is 19.4. The highest BCUT2D eigenvalue weighted by molar-refractivity contribution is 5.90. The molecule has 3 heterocycles. The smallest absolute Gasteiger partial charge is 0.321 e. The summed E-state index contributed by atoms with van der Waals surface area (Å²) < 4.78 is 15.8. The third kappa shape index (κ3) is 3.67. The molecule has 1 N–H and O–H groups in total. The zero-order valence-electron chi connectivity index (χ0n) is 17.4. The van der Waals surface area contributed by atoms with E-state index in [1.165, 1.54) is 17.7 Å². The lowest BCUT2D eigenvalue weighted by molar-refractivity contribution is 0.208. The van der Waals surface area contributed by atoms with Crippen LogP contribution in [0.3, 0.4) is 0 Å². The number of rotatable bonds is 3. The van der Waals surface area contributed by atoms with E-state index in [4.69, 9.17) is 4.98 Å². The largest absolute Gasteiger partial charge is 0.351 e. The third-order valence-corrected chi connectivity index (χ3v) is 5.88. The number of nitrogens with zero attached hydrogens (tertiary/aromatic N) is 4. The van der Waals surface area contributed by atoms with Crippen LogP contribution in [0.2, 0.25) is 0 Å². The van der Waals surface area contributed by atoms with E-state index in [0.29, 0.717) is 31.7 Å². The summed E-state index contributed by atoms with van der Waals surface area (Å²) >= 11 is 0. The molecule has 0 bridgehead atoms. The zero-order chi connectivity index (χ0) is 21.4. The average molecular weight is 417 g/mol. The molecule has 1 fully saturated rings. The van der Waals surface area contributed by atoms with Gasteiger partial charge < -0.3 is 19.5 Å². The molecule has 0 unspecified atom stereocenters. The SMILES string of the molecule is CCc1ccc(NC(=O)N2CCN(c3nc4cc(F)ccc4n4cccc34)CC2)cc1. The summed E-state index contributed by atoms with van der Waals surface area (Å²) in [5.41, 5.74) is 4.52. The highest BCUT2D eigenvalue weighted by atomic mass is 19.1. The lowest BCUT2D eigenvalue weighted by Crippen LogP contribution is -2.50. The van der Waals surface area contributed by atoms with Gasteiger partial charge in [-0.25, -0.2) is 14.2 Å². The molecule has 1 aliphatic rings. The van der Waals surface area contributed by atoms with Crippen LogP contribution in [0.5, 0.6) is 0 Å². The van der Waals surface area contributed by atoms with Crippen molar-refractivity contribution in [3.8, 4) is 0 Å². The fraction of sp³-hybridized carbons (Fsp3) is 0.250. The van der Waals surface area contributed by atoms with Gasteiger partial charge in [-0.05, 0) is 48.4 Å². The molecule has 4 aromatic rings. The lowest BCUT2D eigenvalue weighted by atomic mass is 10.1. The van der Waals surface area contributed by atoms with Gasteiger partial charge in [-0.3, -0.25) is 0 Å². The number of carbonyl (C=O) groups is 1. The van der Waals surface area contributed by atoms with E-state index in [2.05, 4.69) is 17.1 Å². The maximum Gasteiger partial charge on any atom is 0.321 e. The first-order valence-electron chi connectivity index (χ1n) is 10.6. The van der Waals surface area contributed by atoms with Gasteiger partial charge in [0.05, 0.1) is 16.6 Å². The number of fused-ring (bicyclic) bond motifs is 3. The van der Waals surface area contributed by atoms with Crippen LogP contribution in [0.25, 0.3) is 16.6 Å². The number of nitrogens with one attached hydrogen (secondary N) is 1. The van der Waals surface area contributed by atoms with E-state index < -0.39 is 0 Å². The number of aromatic nitrogens is 2. The van der Waals surface area contributed by atoms with E-state index in [1.54, 1.807) is 6.07 Å². The molecule has 6 nitrogen and oxygen atoms in total. The fourth-order valence-electron chi connectivity index (χ4n) is 4.11. The predicted octanol–water partition coefficient (Wildman–Crippen LogP) is 4.54. The molecule has 0 spiro atoms.